The first kappa shape index (κ1) is 30.2. The molecule has 1 unspecified atom stereocenters. The SMILES string of the molecule is C#CCCC1(CCCOC(=O)C(c2ccc(F)cc2)N2C[C@H](C)N(c3cc(=O)n(C)c4ccc(C#N)nc34)C[C@H]2C)NN1. The third kappa shape index (κ3) is 6.40. The van der Waals surface area contributed by atoms with E-state index in [1.54, 1.807) is 37.4 Å². The number of terminal acetylenes is 1. The van der Waals surface area contributed by atoms with Gasteiger partial charge in [-0.05, 0) is 62.9 Å². The van der Waals surface area contributed by atoms with E-state index in [-0.39, 0.29) is 41.4 Å². The highest BCUT2D eigenvalue weighted by molar-refractivity contribution is 5.89. The Labute approximate surface area is 250 Å². The Hall–Kier alpha value is -4.29. The van der Waals surface area contributed by atoms with Gasteiger partial charge < -0.3 is 14.2 Å². The van der Waals surface area contributed by atoms with Crippen LogP contribution in [0.4, 0.5) is 10.1 Å². The van der Waals surface area contributed by atoms with Gasteiger partial charge in [0.25, 0.3) is 5.56 Å². The maximum atomic E-state index is 13.9. The predicted molar refractivity (Wildman–Crippen MR) is 161 cm³/mol. The van der Waals surface area contributed by atoms with Gasteiger partial charge in [0, 0.05) is 44.7 Å². The maximum Gasteiger partial charge on any atom is 0.328 e. The van der Waals surface area contributed by atoms with Gasteiger partial charge in [-0.2, -0.15) is 5.26 Å². The van der Waals surface area contributed by atoms with Crippen LogP contribution in [0.1, 0.15) is 56.8 Å². The number of nitrogens with one attached hydrogen (secondary N) is 2. The second-order valence-electron chi connectivity index (χ2n) is 11.4. The molecule has 11 heteroatoms. The van der Waals surface area contributed by atoms with E-state index in [9.17, 15) is 19.2 Å². The Bertz CT molecular complexity index is 1640. The maximum absolute atomic E-state index is 13.9. The number of nitrogens with zero attached hydrogens (tertiary/aromatic N) is 5. The summed E-state index contributed by atoms with van der Waals surface area (Å²) in [6.07, 6.45) is 8.27. The summed E-state index contributed by atoms with van der Waals surface area (Å²) in [7, 11) is 1.68. The second kappa shape index (κ2) is 12.5. The summed E-state index contributed by atoms with van der Waals surface area (Å²) in [6, 6.07) is 11.9. The van der Waals surface area contributed by atoms with Crippen LogP contribution >= 0.6 is 0 Å². The fourth-order valence-electron chi connectivity index (χ4n) is 5.92. The third-order valence-corrected chi connectivity index (χ3v) is 8.43. The van der Waals surface area contributed by atoms with Crippen molar-refractivity contribution in [3.8, 4) is 18.4 Å². The average Bonchev–Trinajstić information content (AvgIpc) is 3.78. The number of hydrazine groups is 1. The molecule has 0 amide bonds. The summed E-state index contributed by atoms with van der Waals surface area (Å²) in [6.45, 7) is 5.24. The number of nitriles is 1. The van der Waals surface area contributed by atoms with E-state index in [2.05, 4.69) is 37.6 Å². The lowest BCUT2D eigenvalue weighted by molar-refractivity contribution is -0.152. The van der Waals surface area contributed by atoms with Gasteiger partial charge in [-0.3, -0.25) is 9.69 Å². The molecule has 3 aromatic rings. The van der Waals surface area contributed by atoms with Crippen LogP contribution < -0.4 is 21.3 Å². The number of pyridine rings is 2. The first-order valence-electron chi connectivity index (χ1n) is 14.5. The van der Waals surface area contributed by atoms with E-state index in [0.717, 1.165) is 12.8 Å². The molecule has 2 aromatic heterocycles. The van der Waals surface area contributed by atoms with Crippen LogP contribution in [0.5, 0.6) is 0 Å². The number of rotatable bonds is 10. The predicted octanol–water partition coefficient (Wildman–Crippen LogP) is 3.13. The number of piperazine rings is 1. The molecule has 2 aliphatic heterocycles. The summed E-state index contributed by atoms with van der Waals surface area (Å²) in [5.74, 6) is 1.87. The van der Waals surface area contributed by atoms with Gasteiger partial charge in [-0.25, -0.2) is 25.0 Å². The summed E-state index contributed by atoms with van der Waals surface area (Å²) in [4.78, 5) is 35.3. The molecule has 2 aliphatic rings. The molecule has 43 heavy (non-hydrogen) atoms. The number of carbonyl (C=O) groups is 1. The first-order chi connectivity index (χ1) is 20.7. The normalized spacial score (nSPS) is 20.3. The number of carbonyl (C=O) groups excluding carboxylic acids is 1. The average molecular weight is 586 g/mol. The largest absolute Gasteiger partial charge is 0.464 e. The smallest absolute Gasteiger partial charge is 0.328 e. The van der Waals surface area contributed by atoms with Gasteiger partial charge in [0.15, 0.2) is 0 Å². The Balaban J connectivity index is 1.37. The summed E-state index contributed by atoms with van der Waals surface area (Å²) in [5.41, 5.74) is 8.70. The molecule has 10 nitrogen and oxygen atoms in total. The number of anilines is 1. The first-order valence-corrected chi connectivity index (χ1v) is 14.5. The van der Waals surface area contributed by atoms with Crippen LogP contribution in [0, 0.1) is 29.5 Å². The van der Waals surface area contributed by atoms with Crippen molar-refractivity contribution in [3.05, 3.63) is 69.9 Å². The molecule has 0 saturated carbocycles. The molecule has 2 N–H and O–H groups in total. The molecule has 0 spiro atoms. The number of benzene rings is 1. The lowest BCUT2D eigenvalue weighted by Crippen LogP contribution is -2.58. The lowest BCUT2D eigenvalue weighted by Gasteiger charge is -2.47. The second-order valence-corrected chi connectivity index (χ2v) is 11.4. The highest BCUT2D eigenvalue weighted by Crippen LogP contribution is 2.33. The number of esters is 1. The van der Waals surface area contributed by atoms with Crippen molar-refractivity contribution >= 4 is 22.7 Å². The lowest BCUT2D eigenvalue weighted by atomic mass is 9.98. The van der Waals surface area contributed by atoms with Gasteiger partial charge in [-0.1, -0.05) is 12.1 Å². The quantitative estimate of drug-likeness (QED) is 0.159. The molecule has 0 radical (unpaired) electrons. The van der Waals surface area contributed by atoms with Gasteiger partial charge in [0.1, 0.15) is 29.1 Å². The van der Waals surface area contributed by atoms with Crippen LogP contribution in [0.15, 0.2) is 47.3 Å². The number of hydrogen-bond acceptors (Lipinski definition) is 9. The third-order valence-electron chi connectivity index (χ3n) is 8.43. The van der Waals surface area contributed by atoms with Crippen LogP contribution in [-0.2, 0) is 16.6 Å². The van der Waals surface area contributed by atoms with Crippen molar-refractivity contribution in [1.82, 2.24) is 25.3 Å². The molecule has 3 atom stereocenters. The van der Waals surface area contributed by atoms with E-state index in [0.29, 0.717) is 48.2 Å². The zero-order valence-electron chi connectivity index (χ0n) is 24.6. The minimum atomic E-state index is -0.739. The number of fused-ring (bicyclic) bond motifs is 1. The van der Waals surface area contributed by atoms with E-state index >= 15 is 0 Å². The summed E-state index contributed by atoms with van der Waals surface area (Å²) >= 11 is 0. The van der Waals surface area contributed by atoms with Crippen LogP contribution in [0.25, 0.3) is 11.0 Å². The molecule has 2 fully saturated rings. The number of aromatic nitrogens is 2. The van der Waals surface area contributed by atoms with Crippen molar-refractivity contribution in [2.45, 2.75) is 63.3 Å². The molecule has 224 valence electrons. The highest BCUT2D eigenvalue weighted by atomic mass is 19.1. The van der Waals surface area contributed by atoms with E-state index in [1.807, 2.05) is 13.8 Å². The highest BCUT2D eigenvalue weighted by Gasteiger charge is 2.41. The fourth-order valence-corrected chi connectivity index (χ4v) is 5.92. The van der Waals surface area contributed by atoms with Crippen molar-refractivity contribution in [2.24, 2.45) is 7.05 Å². The molecular formula is C32H36FN7O3. The van der Waals surface area contributed by atoms with Crippen molar-refractivity contribution in [2.75, 3.05) is 24.6 Å². The Morgan fingerprint density at radius 1 is 1.19 bits per heavy atom. The van der Waals surface area contributed by atoms with Crippen molar-refractivity contribution in [3.63, 3.8) is 0 Å². The molecule has 0 aliphatic carbocycles. The molecule has 0 bridgehead atoms. The zero-order chi connectivity index (χ0) is 30.7. The minimum absolute atomic E-state index is 0.127. The van der Waals surface area contributed by atoms with Gasteiger partial charge in [-0.15, -0.1) is 12.3 Å². The number of hydrogen-bond donors (Lipinski definition) is 2. The van der Waals surface area contributed by atoms with Crippen molar-refractivity contribution < 1.29 is 13.9 Å². The molecule has 4 heterocycles. The van der Waals surface area contributed by atoms with Crippen molar-refractivity contribution in [1.29, 1.82) is 5.26 Å². The monoisotopic (exact) mass is 585 g/mol. The van der Waals surface area contributed by atoms with Crippen LogP contribution in [0.3, 0.4) is 0 Å². The number of ether oxygens (including phenoxy) is 1. The Kier molecular flexibility index (Phi) is 8.79. The van der Waals surface area contributed by atoms with Crippen LogP contribution in [0.2, 0.25) is 0 Å². The summed E-state index contributed by atoms with van der Waals surface area (Å²) in [5, 5.41) is 9.46. The number of halogens is 1. The minimum Gasteiger partial charge on any atom is -0.464 e. The fraction of sp³-hybridized carbons (Fsp3) is 0.438. The molecule has 1 aromatic carbocycles. The van der Waals surface area contributed by atoms with E-state index in [4.69, 9.17) is 11.2 Å². The molecular weight excluding hydrogens is 549 g/mol. The Morgan fingerprint density at radius 3 is 2.60 bits per heavy atom. The van der Waals surface area contributed by atoms with E-state index in [1.165, 1.54) is 16.7 Å². The standard InChI is InChI=1S/C32H36FN7O3/c1-5-6-14-32(36-37-32)15-7-16-43-31(42)30(23-8-10-24(33)11-9-23)40-20-21(2)39(19-22(40)3)27-17-28(41)38(4)26-13-12-25(18-34)35-29(26)27/h1,8-13,17,21-22,30,36-37H,6-7,14-16,19-20H2,2-4H3/t21-,22+,30?/m0/s1. The summed E-state index contributed by atoms with van der Waals surface area (Å²) < 4.78 is 21.2. The molecule has 2 saturated heterocycles. The Morgan fingerprint density at radius 2 is 1.93 bits per heavy atom. The molecule has 5 rings (SSSR count). The van der Waals surface area contributed by atoms with Crippen LogP contribution in [-0.4, -0.2) is 57.9 Å². The van der Waals surface area contributed by atoms with Gasteiger partial charge >= 0.3 is 5.97 Å². The van der Waals surface area contributed by atoms with Gasteiger partial charge in [0.2, 0.25) is 0 Å². The van der Waals surface area contributed by atoms with E-state index < -0.39 is 12.0 Å². The zero-order valence-corrected chi connectivity index (χ0v) is 24.6. The topological polar surface area (TPSA) is 135 Å². The van der Waals surface area contributed by atoms with Gasteiger partial charge in [0.05, 0.1) is 23.5 Å². The number of aryl methyl sites for hydroxylation is 1.